The van der Waals surface area contributed by atoms with Crippen molar-refractivity contribution in [3.63, 3.8) is 0 Å². The molecule has 1 aromatic carbocycles. The maximum atomic E-state index is 12.7. The second kappa shape index (κ2) is 8.94. The summed E-state index contributed by atoms with van der Waals surface area (Å²) in [6.45, 7) is 3.77. The van der Waals surface area contributed by atoms with Gasteiger partial charge in [0.25, 0.3) is 0 Å². The van der Waals surface area contributed by atoms with Crippen LogP contribution >= 0.6 is 0 Å². The maximum absolute atomic E-state index is 12.7. The van der Waals surface area contributed by atoms with Crippen LogP contribution in [0.25, 0.3) is 0 Å². The van der Waals surface area contributed by atoms with Gasteiger partial charge in [-0.15, -0.1) is 0 Å². The van der Waals surface area contributed by atoms with Gasteiger partial charge in [-0.25, -0.2) is 0 Å². The number of carbonyl (C=O) groups excluding carboxylic acids is 1. The van der Waals surface area contributed by atoms with Crippen molar-refractivity contribution in [1.82, 2.24) is 4.90 Å². The molecule has 1 fully saturated rings. The van der Waals surface area contributed by atoms with E-state index in [-0.39, 0.29) is 6.04 Å². The molecule has 0 unspecified atom stereocenters. The molecular weight excluding hydrogens is 274 g/mol. The third-order valence-corrected chi connectivity index (χ3v) is 4.49. The molecule has 1 aliphatic rings. The smallest absolute Gasteiger partial charge is 0.223 e. The van der Waals surface area contributed by atoms with Gasteiger partial charge in [-0.3, -0.25) is 4.79 Å². The fourth-order valence-electron chi connectivity index (χ4n) is 3.30. The molecule has 0 radical (unpaired) electrons. The summed E-state index contributed by atoms with van der Waals surface area (Å²) in [5.41, 5.74) is 2.57. The predicted octanol–water partition coefficient (Wildman–Crippen LogP) is 4.26. The first-order valence-electron chi connectivity index (χ1n) is 8.57. The van der Waals surface area contributed by atoms with Crippen LogP contribution in [-0.4, -0.2) is 31.1 Å². The average molecular weight is 303 g/mol. The topological polar surface area (TPSA) is 29.5 Å². The molecule has 1 saturated heterocycles. The van der Waals surface area contributed by atoms with E-state index in [1.54, 1.807) is 7.11 Å². The van der Waals surface area contributed by atoms with Crippen LogP contribution in [0.2, 0.25) is 0 Å². The maximum Gasteiger partial charge on any atom is 0.223 e. The molecule has 1 aromatic rings. The van der Waals surface area contributed by atoms with Crippen molar-refractivity contribution in [3.05, 3.63) is 35.4 Å². The van der Waals surface area contributed by atoms with Crippen LogP contribution in [-0.2, 0) is 9.53 Å². The Bertz CT molecular complexity index is 472. The molecule has 0 aliphatic carbocycles. The summed E-state index contributed by atoms with van der Waals surface area (Å²) in [5.74, 6) is 0.310. The fraction of sp³-hybridized carbons (Fsp3) is 0.632. The van der Waals surface area contributed by atoms with Crippen LogP contribution in [0, 0.1) is 6.92 Å². The molecule has 1 heterocycles. The van der Waals surface area contributed by atoms with Gasteiger partial charge in [-0.2, -0.15) is 0 Å². The second-order valence-corrected chi connectivity index (χ2v) is 6.32. The number of aryl methyl sites for hydroxylation is 1. The summed E-state index contributed by atoms with van der Waals surface area (Å²) in [6.07, 6.45) is 7.20. The highest BCUT2D eigenvalue weighted by Gasteiger charge is 2.26. The van der Waals surface area contributed by atoms with Gasteiger partial charge in [-0.05, 0) is 38.2 Å². The van der Waals surface area contributed by atoms with Gasteiger partial charge in [0, 0.05) is 26.7 Å². The minimum Gasteiger partial charge on any atom is -0.385 e. The third-order valence-electron chi connectivity index (χ3n) is 4.49. The van der Waals surface area contributed by atoms with Crippen LogP contribution in [0.4, 0.5) is 0 Å². The van der Waals surface area contributed by atoms with Crippen molar-refractivity contribution in [2.75, 3.05) is 20.3 Å². The minimum atomic E-state index is 0.261. The van der Waals surface area contributed by atoms with E-state index in [1.165, 1.54) is 24.0 Å². The summed E-state index contributed by atoms with van der Waals surface area (Å²) in [5, 5.41) is 0. The number of likely N-dealkylation sites (tertiary alicyclic amines) is 1. The number of unbranched alkanes of at least 4 members (excludes halogenated alkanes) is 1. The lowest BCUT2D eigenvalue weighted by atomic mass is 9.98. The van der Waals surface area contributed by atoms with Gasteiger partial charge in [0.15, 0.2) is 0 Å². The lowest BCUT2D eigenvalue weighted by Crippen LogP contribution is -2.34. The summed E-state index contributed by atoms with van der Waals surface area (Å²) < 4.78 is 5.07. The van der Waals surface area contributed by atoms with Crippen molar-refractivity contribution in [2.45, 2.75) is 57.9 Å². The molecule has 0 N–H and O–H groups in total. The van der Waals surface area contributed by atoms with Gasteiger partial charge < -0.3 is 9.64 Å². The monoisotopic (exact) mass is 303 g/mol. The standard InChI is InChI=1S/C19H29NO2/c1-16-9-8-10-17(15-16)18-11-4-3-6-13-20(18)19(21)12-5-7-14-22-2/h8-10,15,18H,3-7,11-14H2,1-2H3/t18-/m0/s1. The van der Waals surface area contributed by atoms with E-state index in [1.807, 2.05) is 0 Å². The Morgan fingerprint density at radius 3 is 2.91 bits per heavy atom. The fourth-order valence-corrected chi connectivity index (χ4v) is 3.30. The molecule has 0 spiro atoms. The molecule has 0 aromatic heterocycles. The van der Waals surface area contributed by atoms with E-state index in [0.717, 1.165) is 38.8 Å². The highest BCUT2D eigenvalue weighted by molar-refractivity contribution is 5.76. The Hall–Kier alpha value is -1.35. The normalized spacial score (nSPS) is 19.0. The van der Waals surface area contributed by atoms with E-state index in [4.69, 9.17) is 4.74 Å². The van der Waals surface area contributed by atoms with Gasteiger partial charge in [0.1, 0.15) is 0 Å². The van der Waals surface area contributed by atoms with Crippen LogP contribution in [0.15, 0.2) is 24.3 Å². The number of methoxy groups -OCH3 is 1. The molecule has 1 aliphatic heterocycles. The molecule has 2 rings (SSSR count). The van der Waals surface area contributed by atoms with E-state index in [9.17, 15) is 4.79 Å². The Kier molecular flexibility index (Phi) is 6.91. The molecule has 3 nitrogen and oxygen atoms in total. The Morgan fingerprint density at radius 2 is 2.14 bits per heavy atom. The second-order valence-electron chi connectivity index (χ2n) is 6.32. The van der Waals surface area contributed by atoms with E-state index in [0.29, 0.717) is 12.3 Å². The van der Waals surface area contributed by atoms with Gasteiger partial charge in [0.05, 0.1) is 6.04 Å². The Balaban J connectivity index is 2.05. The number of amides is 1. The summed E-state index contributed by atoms with van der Waals surface area (Å²) in [7, 11) is 1.71. The van der Waals surface area contributed by atoms with Crippen molar-refractivity contribution >= 4 is 5.91 Å². The van der Waals surface area contributed by atoms with Gasteiger partial charge in [0.2, 0.25) is 5.91 Å². The molecule has 0 bridgehead atoms. The first kappa shape index (κ1) is 17.0. The van der Waals surface area contributed by atoms with Crippen LogP contribution in [0.5, 0.6) is 0 Å². The lowest BCUT2D eigenvalue weighted by Gasteiger charge is -2.31. The average Bonchev–Trinajstić information content (AvgIpc) is 2.77. The summed E-state index contributed by atoms with van der Waals surface area (Å²) in [6, 6.07) is 8.90. The van der Waals surface area contributed by atoms with Crippen molar-refractivity contribution in [2.24, 2.45) is 0 Å². The van der Waals surface area contributed by atoms with Gasteiger partial charge >= 0.3 is 0 Å². The Morgan fingerprint density at radius 1 is 1.27 bits per heavy atom. The summed E-state index contributed by atoms with van der Waals surface area (Å²) in [4.78, 5) is 14.8. The SMILES string of the molecule is COCCCCC(=O)N1CCCCC[C@H]1c1cccc(C)c1. The zero-order valence-corrected chi connectivity index (χ0v) is 14.0. The number of carbonyl (C=O) groups is 1. The quantitative estimate of drug-likeness (QED) is 0.735. The first-order chi connectivity index (χ1) is 10.7. The van der Waals surface area contributed by atoms with Crippen LogP contribution < -0.4 is 0 Å². The first-order valence-corrected chi connectivity index (χ1v) is 8.57. The van der Waals surface area contributed by atoms with Crippen molar-refractivity contribution in [3.8, 4) is 0 Å². The lowest BCUT2D eigenvalue weighted by molar-refractivity contribution is -0.133. The van der Waals surface area contributed by atoms with Crippen LogP contribution in [0.1, 0.15) is 62.1 Å². The number of benzene rings is 1. The predicted molar refractivity (Wildman–Crippen MR) is 89.8 cm³/mol. The zero-order valence-electron chi connectivity index (χ0n) is 14.0. The van der Waals surface area contributed by atoms with Crippen LogP contribution in [0.3, 0.4) is 0 Å². The molecule has 1 amide bonds. The number of rotatable bonds is 6. The number of ether oxygens (including phenoxy) is 1. The third kappa shape index (κ3) is 4.84. The van der Waals surface area contributed by atoms with E-state index >= 15 is 0 Å². The highest BCUT2D eigenvalue weighted by Crippen LogP contribution is 2.31. The molecule has 122 valence electrons. The molecule has 22 heavy (non-hydrogen) atoms. The molecule has 0 saturated carbocycles. The van der Waals surface area contributed by atoms with E-state index in [2.05, 4.69) is 36.1 Å². The number of nitrogens with zero attached hydrogens (tertiary/aromatic N) is 1. The largest absolute Gasteiger partial charge is 0.385 e. The Labute approximate surface area is 134 Å². The van der Waals surface area contributed by atoms with E-state index < -0.39 is 0 Å². The zero-order chi connectivity index (χ0) is 15.8. The summed E-state index contributed by atoms with van der Waals surface area (Å²) >= 11 is 0. The van der Waals surface area contributed by atoms with Gasteiger partial charge in [-0.1, -0.05) is 42.7 Å². The number of hydrogen-bond donors (Lipinski definition) is 0. The molecular formula is C19H29NO2. The molecule has 1 atom stereocenters. The number of hydrogen-bond acceptors (Lipinski definition) is 2. The highest BCUT2D eigenvalue weighted by atomic mass is 16.5. The molecule has 3 heteroatoms. The van der Waals surface area contributed by atoms with Crippen molar-refractivity contribution < 1.29 is 9.53 Å². The van der Waals surface area contributed by atoms with Crippen molar-refractivity contribution in [1.29, 1.82) is 0 Å². The minimum absolute atomic E-state index is 0.261.